The zero-order valence-electron chi connectivity index (χ0n) is 2.41. The van der Waals surface area contributed by atoms with Crippen LogP contribution in [0.1, 0.15) is 0 Å². The Balaban J connectivity index is 3.02. The molecule has 0 heterocycles. The molecule has 1 radical (unpaired) electrons. The summed E-state index contributed by atoms with van der Waals surface area (Å²) in [5, 5.41) is 7.94. The summed E-state index contributed by atoms with van der Waals surface area (Å²) in [5.74, 6) is 0. The maximum absolute atomic E-state index is 7.94. The fourth-order valence-electron chi connectivity index (χ4n) is 0. The van der Waals surface area contributed by atoms with Crippen LogP contribution in [0.4, 0.5) is 0 Å². The standard InChI is InChI=1S/C2H3Cl2O/c1-2(3,4)5/h5H,1H2. The zero-order chi connectivity index (χ0) is 4.50. The molecule has 5 heavy (non-hydrogen) atoms. The third-order valence-electron chi connectivity index (χ3n) is 0. The summed E-state index contributed by atoms with van der Waals surface area (Å²) in [7, 11) is 0. The molecule has 0 aliphatic heterocycles. The number of hydrogen-bond acceptors (Lipinski definition) is 1. The van der Waals surface area contributed by atoms with Crippen molar-refractivity contribution in [1.29, 1.82) is 0 Å². The second-order valence-electron chi connectivity index (χ2n) is 0.666. The fourth-order valence-corrected chi connectivity index (χ4v) is 0. The van der Waals surface area contributed by atoms with E-state index in [2.05, 4.69) is 6.92 Å². The second-order valence-corrected chi connectivity index (χ2v) is 2.11. The summed E-state index contributed by atoms with van der Waals surface area (Å²) in [4.78, 5) is 0. The van der Waals surface area contributed by atoms with Gasteiger partial charge in [-0.2, -0.15) is 0 Å². The van der Waals surface area contributed by atoms with Gasteiger partial charge in [-0.05, 0) is 0 Å². The van der Waals surface area contributed by atoms with Crippen molar-refractivity contribution < 1.29 is 5.11 Å². The molecule has 0 atom stereocenters. The van der Waals surface area contributed by atoms with Crippen molar-refractivity contribution in [1.82, 2.24) is 0 Å². The highest BCUT2D eigenvalue weighted by molar-refractivity contribution is 6.47. The molecule has 31 valence electrons. The van der Waals surface area contributed by atoms with E-state index in [1.165, 1.54) is 0 Å². The lowest BCUT2D eigenvalue weighted by Gasteiger charge is -1.97. The Morgan fingerprint density at radius 2 is 1.60 bits per heavy atom. The predicted octanol–water partition coefficient (Wildman–Crippen LogP) is 0.944. The van der Waals surface area contributed by atoms with Gasteiger partial charge in [-0.15, -0.1) is 0 Å². The van der Waals surface area contributed by atoms with Crippen LogP contribution in [0.2, 0.25) is 0 Å². The van der Waals surface area contributed by atoms with Crippen molar-refractivity contribution in [3.05, 3.63) is 6.92 Å². The van der Waals surface area contributed by atoms with Crippen molar-refractivity contribution in [2.45, 2.75) is 4.52 Å². The maximum atomic E-state index is 7.94. The lowest BCUT2D eigenvalue weighted by molar-refractivity contribution is 0.262. The van der Waals surface area contributed by atoms with Gasteiger partial charge >= 0.3 is 0 Å². The minimum Gasteiger partial charge on any atom is -0.363 e. The Kier molecular flexibility index (Phi) is 1.47. The Labute approximate surface area is 40.5 Å². The predicted molar refractivity (Wildman–Crippen MR) is 22.0 cm³/mol. The van der Waals surface area contributed by atoms with Crippen LogP contribution < -0.4 is 0 Å². The summed E-state index contributed by atoms with van der Waals surface area (Å²) in [5.41, 5.74) is 0. The Bertz CT molecular complexity index is 23.1. The summed E-state index contributed by atoms with van der Waals surface area (Å²) >= 11 is 9.48. The number of aliphatic hydroxyl groups is 1. The van der Waals surface area contributed by atoms with Gasteiger partial charge in [0.2, 0.25) is 4.52 Å². The van der Waals surface area contributed by atoms with Gasteiger partial charge in [0.1, 0.15) is 0 Å². The third-order valence-corrected chi connectivity index (χ3v) is 0. The second kappa shape index (κ2) is 1.33. The number of rotatable bonds is 0. The van der Waals surface area contributed by atoms with Crippen LogP contribution in [0.15, 0.2) is 0 Å². The van der Waals surface area contributed by atoms with E-state index in [1.807, 2.05) is 0 Å². The third kappa shape index (κ3) is 100. The van der Waals surface area contributed by atoms with Crippen molar-refractivity contribution >= 4 is 23.2 Å². The van der Waals surface area contributed by atoms with Gasteiger partial charge in [-0.3, -0.25) is 0 Å². The smallest absolute Gasteiger partial charge is 0.215 e. The van der Waals surface area contributed by atoms with E-state index in [-0.39, 0.29) is 0 Å². The molecule has 0 aromatic rings. The molecule has 3 heteroatoms. The number of hydrogen-bond donors (Lipinski definition) is 1. The van der Waals surface area contributed by atoms with Crippen LogP contribution in [-0.4, -0.2) is 9.63 Å². The average Bonchev–Trinajstić information content (AvgIpc) is 0.722. The van der Waals surface area contributed by atoms with E-state index in [4.69, 9.17) is 28.3 Å². The molecule has 0 aromatic carbocycles. The Morgan fingerprint density at radius 3 is 1.60 bits per heavy atom. The van der Waals surface area contributed by atoms with Gasteiger partial charge in [0.15, 0.2) is 0 Å². The van der Waals surface area contributed by atoms with Crippen molar-refractivity contribution in [2.75, 3.05) is 0 Å². The van der Waals surface area contributed by atoms with Crippen LogP contribution in [0, 0.1) is 6.92 Å². The molecule has 0 saturated carbocycles. The van der Waals surface area contributed by atoms with Gasteiger partial charge < -0.3 is 5.11 Å². The molecule has 0 unspecified atom stereocenters. The lowest BCUT2D eigenvalue weighted by atomic mass is 10.9. The molecular formula is C2H3Cl2O. The van der Waals surface area contributed by atoms with Crippen LogP contribution >= 0.6 is 23.2 Å². The van der Waals surface area contributed by atoms with Gasteiger partial charge in [0, 0.05) is 6.92 Å². The quantitative estimate of drug-likeness (QED) is 0.464. The first-order valence-electron chi connectivity index (χ1n) is 0.955. The molecular weight excluding hydrogens is 111 g/mol. The minimum atomic E-state index is -1.81. The molecule has 0 amide bonds. The monoisotopic (exact) mass is 113 g/mol. The molecule has 0 bridgehead atoms. The lowest BCUT2D eigenvalue weighted by Crippen LogP contribution is -2.01. The van der Waals surface area contributed by atoms with Crippen LogP contribution in [0.5, 0.6) is 0 Å². The van der Waals surface area contributed by atoms with Crippen molar-refractivity contribution in [3.8, 4) is 0 Å². The molecule has 0 aliphatic rings. The minimum absolute atomic E-state index is 1.81. The first-order valence-corrected chi connectivity index (χ1v) is 1.71. The van der Waals surface area contributed by atoms with Gasteiger partial charge in [0.25, 0.3) is 0 Å². The van der Waals surface area contributed by atoms with Crippen molar-refractivity contribution in [2.24, 2.45) is 0 Å². The normalized spacial score (nSPS) is 12.0. The number of alkyl halides is 2. The van der Waals surface area contributed by atoms with Crippen LogP contribution in [0.25, 0.3) is 0 Å². The van der Waals surface area contributed by atoms with E-state index >= 15 is 0 Å². The van der Waals surface area contributed by atoms with Gasteiger partial charge in [-0.25, -0.2) is 0 Å². The Hall–Kier alpha value is 0.540. The van der Waals surface area contributed by atoms with Crippen LogP contribution in [0.3, 0.4) is 0 Å². The summed E-state index contributed by atoms with van der Waals surface area (Å²) in [6.07, 6.45) is 0. The van der Waals surface area contributed by atoms with Crippen molar-refractivity contribution in [3.63, 3.8) is 0 Å². The molecule has 1 nitrogen and oxygen atoms in total. The molecule has 0 aliphatic carbocycles. The van der Waals surface area contributed by atoms with E-state index in [0.29, 0.717) is 0 Å². The SMILES string of the molecule is [CH2]C(O)(Cl)Cl. The van der Waals surface area contributed by atoms with Gasteiger partial charge in [0.05, 0.1) is 0 Å². The first kappa shape index (κ1) is 5.54. The number of halogens is 2. The highest BCUT2D eigenvalue weighted by Gasteiger charge is 2.06. The topological polar surface area (TPSA) is 20.2 Å². The highest BCUT2D eigenvalue weighted by Crippen LogP contribution is 2.11. The molecule has 0 fully saturated rings. The summed E-state index contributed by atoms with van der Waals surface area (Å²) < 4.78 is -1.81. The van der Waals surface area contributed by atoms with E-state index in [0.717, 1.165) is 0 Å². The molecule has 0 saturated heterocycles. The van der Waals surface area contributed by atoms with E-state index in [9.17, 15) is 0 Å². The average molecular weight is 114 g/mol. The largest absolute Gasteiger partial charge is 0.363 e. The van der Waals surface area contributed by atoms with E-state index < -0.39 is 4.52 Å². The highest BCUT2D eigenvalue weighted by atomic mass is 35.5. The van der Waals surface area contributed by atoms with E-state index in [1.54, 1.807) is 0 Å². The maximum Gasteiger partial charge on any atom is 0.215 e. The molecule has 1 N–H and O–H groups in total. The first-order chi connectivity index (χ1) is 2.00. The Morgan fingerprint density at radius 1 is 1.60 bits per heavy atom. The van der Waals surface area contributed by atoms with Crippen LogP contribution in [-0.2, 0) is 0 Å². The molecule has 0 spiro atoms. The molecule has 0 rings (SSSR count). The summed E-state index contributed by atoms with van der Waals surface area (Å²) in [6.45, 7) is 2.86. The fraction of sp³-hybridized carbons (Fsp3) is 0.500. The molecule has 0 aromatic heterocycles. The zero-order valence-corrected chi connectivity index (χ0v) is 3.92. The summed E-state index contributed by atoms with van der Waals surface area (Å²) in [6, 6.07) is 0. The van der Waals surface area contributed by atoms with Gasteiger partial charge in [-0.1, -0.05) is 23.2 Å².